The van der Waals surface area contributed by atoms with E-state index >= 15 is 0 Å². The van der Waals surface area contributed by atoms with Gasteiger partial charge in [0.25, 0.3) is 0 Å². The van der Waals surface area contributed by atoms with Gasteiger partial charge in [0.15, 0.2) is 5.96 Å². The van der Waals surface area contributed by atoms with Gasteiger partial charge in [-0.15, -0.1) is 24.0 Å². The first-order valence-corrected chi connectivity index (χ1v) is 9.81. The summed E-state index contributed by atoms with van der Waals surface area (Å²) in [6.07, 6.45) is 3.68. The highest BCUT2D eigenvalue weighted by Gasteiger charge is 2.27. The standard InChI is InChI=1S/C19H38N4O.HI/c1-5-20-18(21-9-6-8-19(2,3)4)23-10-7-17(16-23)15-22-11-13-24-14-12-22;/h17H,5-16H2,1-4H3,(H,20,21);1H. The van der Waals surface area contributed by atoms with Gasteiger partial charge in [-0.25, -0.2) is 0 Å². The maximum Gasteiger partial charge on any atom is 0.193 e. The molecule has 0 bridgehead atoms. The molecule has 1 unspecified atom stereocenters. The summed E-state index contributed by atoms with van der Waals surface area (Å²) in [7, 11) is 0. The van der Waals surface area contributed by atoms with Crippen LogP contribution in [0, 0.1) is 11.3 Å². The fourth-order valence-corrected chi connectivity index (χ4v) is 3.54. The molecule has 2 fully saturated rings. The van der Waals surface area contributed by atoms with E-state index in [1.54, 1.807) is 0 Å². The van der Waals surface area contributed by atoms with Crippen LogP contribution in [0.1, 0.15) is 47.0 Å². The molecule has 0 amide bonds. The van der Waals surface area contributed by atoms with Crippen molar-refractivity contribution in [1.82, 2.24) is 15.1 Å². The SMILES string of the molecule is CCNC(=NCCCC(C)(C)C)N1CCC(CN2CCOCC2)C1.I. The van der Waals surface area contributed by atoms with Gasteiger partial charge in [0.05, 0.1) is 13.2 Å². The predicted octanol–water partition coefficient (Wildman–Crippen LogP) is 3.05. The molecule has 5 nitrogen and oxygen atoms in total. The van der Waals surface area contributed by atoms with E-state index in [0.29, 0.717) is 5.41 Å². The first-order chi connectivity index (χ1) is 11.5. The average Bonchev–Trinajstić information content (AvgIpc) is 2.99. The molecule has 2 heterocycles. The lowest BCUT2D eigenvalue weighted by Crippen LogP contribution is -2.42. The number of rotatable bonds is 6. The lowest BCUT2D eigenvalue weighted by molar-refractivity contribution is 0.0315. The van der Waals surface area contributed by atoms with Gasteiger partial charge in [0, 0.05) is 45.8 Å². The molecule has 0 aliphatic carbocycles. The molecule has 0 aromatic rings. The maximum absolute atomic E-state index is 5.45. The van der Waals surface area contributed by atoms with E-state index in [-0.39, 0.29) is 24.0 Å². The number of hydrogen-bond donors (Lipinski definition) is 1. The second kappa shape index (κ2) is 11.6. The Kier molecular flexibility index (Phi) is 10.6. The third kappa shape index (κ3) is 8.91. The summed E-state index contributed by atoms with van der Waals surface area (Å²) in [6.45, 7) is 18.4. The van der Waals surface area contributed by atoms with Crippen molar-refractivity contribution in [1.29, 1.82) is 0 Å². The number of guanidine groups is 1. The van der Waals surface area contributed by atoms with Crippen LogP contribution in [0.4, 0.5) is 0 Å². The fourth-order valence-electron chi connectivity index (χ4n) is 3.54. The topological polar surface area (TPSA) is 40.1 Å². The van der Waals surface area contributed by atoms with Gasteiger partial charge in [-0.2, -0.15) is 0 Å². The Hall–Kier alpha value is -0.0800. The summed E-state index contributed by atoms with van der Waals surface area (Å²) >= 11 is 0. The number of morpholine rings is 1. The molecule has 0 aromatic heterocycles. The predicted molar refractivity (Wildman–Crippen MR) is 117 cm³/mol. The summed E-state index contributed by atoms with van der Waals surface area (Å²) < 4.78 is 5.45. The molecule has 2 aliphatic rings. The van der Waals surface area contributed by atoms with Crippen molar-refractivity contribution in [2.24, 2.45) is 16.3 Å². The molecule has 0 saturated carbocycles. The van der Waals surface area contributed by atoms with Crippen molar-refractivity contribution in [3.8, 4) is 0 Å². The van der Waals surface area contributed by atoms with Crippen LogP contribution in [0.3, 0.4) is 0 Å². The summed E-state index contributed by atoms with van der Waals surface area (Å²) in [5.74, 6) is 1.89. The van der Waals surface area contributed by atoms with Crippen LogP contribution in [0.15, 0.2) is 4.99 Å². The van der Waals surface area contributed by atoms with Crippen LogP contribution >= 0.6 is 24.0 Å². The fraction of sp³-hybridized carbons (Fsp3) is 0.947. The highest BCUT2D eigenvalue weighted by molar-refractivity contribution is 14.0. The minimum atomic E-state index is 0. The second-order valence-electron chi connectivity index (χ2n) is 8.41. The Bertz CT molecular complexity index is 391. The van der Waals surface area contributed by atoms with Crippen LogP contribution in [0.25, 0.3) is 0 Å². The van der Waals surface area contributed by atoms with Crippen molar-refractivity contribution in [3.63, 3.8) is 0 Å². The average molecular weight is 466 g/mol. The summed E-state index contributed by atoms with van der Waals surface area (Å²) in [5, 5.41) is 3.49. The number of hydrogen-bond acceptors (Lipinski definition) is 3. The molecular weight excluding hydrogens is 427 g/mol. The van der Waals surface area contributed by atoms with Crippen LogP contribution < -0.4 is 5.32 Å². The molecule has 148 valence electrons. The van der Waals surface area contributed by atoms with E-state index in [0.717, 1.165) is 64.4 Å². The monoisotopic (exact) mass is 466 g/mol. The minimum absolute atomic E-state index is 0. The summed E-state index contributed by atoms with van der Waals surface area (Å²) in [6, 6.07) is 0. The van der Waals surface area contributed by atoms with Gasteiger partial charge in [-0.1, -0.05) is 20.8 Å². The maximum atomic E-state index is 5.45. The third-order valence-corrected chi connectivity index (χ3v) is 4.89. The summed E-state index contributed by atoms with van der Waals surface area (Å²) in [4.78, 5) is 9.90. The van der Waals surface area contributed by atoms with E-state index in [2.05, 4.69) is 42.8 Å². The lowest BCUT2D eigenvalue weighted by atomic mass is 9.91. The minimum Gasteiger partial charge on any atom is -0.379 e. The van der Waals surface area contributed by atoms with Crippen molar-refractivity contribution in [3.05, 3.63) is 0 Å². The van der Waals surface area contributed by atoms with Gasteiger partial charge in [-0.05, 0) is 37.5 Å². The molecule has 0 aromatic carbocycles. The molecule has 1 N–H and O–H groups in total. The zero-order chi connectivity index (χ0) is 17.4. The normalized spacial score (nSPS) is 22.8. The number of aliphatic imine (C=N–C) groups is 1. The molecule has 6 heteroatoms. The Morgan fingerprint density at radius 1 is 1.20 bits per heavy atom. The number of halogens is 1. The molecule has 2 aliphatic heterocycles. The Balaban J connectivity index is 0.00000312. The van der Waals surface area contributed by atoms with Crippen LogP contribution in [0.2, 0.25) is 0 Å². The molecule has 0 radical (unpaired) electrons. The van der Waals surface area contributed by atoms with Gasteiger partial charge in [-0.3, -0.25) is 9.89 Å². The lowest BCUT2D eigenvalue weighted by Gasteiger charge is -2.29. The number of likely N-dealkylation sites (tertiary alicyclic amines) is 1. The van der Waals surface area contributed by atoms with Crippen LogP contribution in [-0.4, -0.2) is 74.8 Å². The smallest absolute Gasteiger partial charge is 0.193 e. The van der Waals surface area contributed by atoms with Gasteiger partial charge >= 0.3 is 0 Å². The molecule has 2 rings (SSSR count). The quantitative estimate of drug-likeness (QED) is 0.283. The number of ether oxygens (including phenoxy) is 1. The van der Waals surface area contributed by atoms with E-state index < -0.39 is 0 Å². The van der Waals surface area contributed by atoms with Gasteiger partial charge in [0.1, 0.15) is 0 Å². The van der Waals surface area contributed by atoms with E-state index in [1.807, 2.05) is 0 Å². The van der Waals surface area contributed by atoms with E-state index in [9.17, 15) is 0 Å². The van der Waals surface area contributed by atoms with Crippen LogP contribution in [0.5, 0.6) is 0 Å². The Labute approximate surface area is 172 Å². The highest BCUT2D eigenvalue weighted by atomic mass is 127. The van der Waals surface area contributed by atoms with Crippen molar-refractivity contribution in [2.75, 3.05) is 59.0 Å². The third-order valence-electron chi connectivity index (χ3n) is 4.89. The molecular formula is C19H39IN4O. The number of nitrogens with one attached hydrogen (secondary N) is 1. The largest absolute Gasteiger partial charge is 0.379 e. The highest BCUT2D eigenvalue weighted by Crippen LogP contribution is 2.21. The van der Waals surface area contributed by atoms with Crippen LogP contribution in [-0.2, 0) is 4.74 Å². The second-order valence-corrected chi connectivity index (χ2v) is 8.41. The van der Waals surface area contributed by atoms with E-state index in [1.165, 1.54) is 25.8 Å². The van der Waals surface area contributed by atoms with Crippen molar-refractivity contribution in [2.45, 2.75) is 47.0 Å². The Morgan fingerprint density at radius 3 is 2.56 bits per heavy atom. The zero-order valence-corrected chi connectivity index (χ0v) is 19.1. The zero-order valence-electron chi connectivity index (χ0n) is 16.7. The van der Waals surface area contributed by atoms with E-state index in [4.69, 9.17) is 9.73 Å². The Morgan fingerprint density at radius 2 is 1.92 bits per heavy atom. The van der Waals surface area contributed by atoms with Gasteiger partial charge in [0.2, 0.25) is 0 Å². The molecule has 25 heavy (non-hydrogen) atoms. The molecule has 2 saturated heterocycles. The summed E-state index contributed by atoms with van der Waals surface area (Å²) in [5.41, 5.74) is 0.408. The first kappa shape index (κ1) is 23.0. The number of nitrogens with zero attached hydrogens (tertiary/aromatic N) is 3. The first-order valence-electron chi connectivity index (χ1n) is 9.81. The van der Waals surface area contributed by atoms with Crippen molar-refractivity contribution < 1.29 is 4.74 Å². The van der Waals surface area contributed by atoms with Gasteiger partial charge < -0.3 is 15.0 Å². The molecule has 1 atom stereocenters. The molecule has 0 spiro atoms. The van der Waals surface area contributed by atoms with Crippen molar-refractivity contribution >= 4 is 29.9 Å².